The number of carboxylic acid groups (broad SMARTS) is 1. The molecule has 0 bridgehead atoms. The van der Waals surface area contributed by atoms with E-state index in [1.165, 1.54) is 4.90 Å². The third kappa shape index (κ3) is 4.47. The van der Waals surface area contributed by atoms with E-state index in [-0.39, 0.29) is 18.9 Å². The highest BCUT2D eigenvalue weighted by Crippen LogP contribution is 1.95. The van der Waals surface area contributed by atoms with Gasteiger partial charge in [-0.25, -0.2) is 0 Å². The van der Waals surface area contributed by atoms with Gasteiger partial charge in [-0.2, -0.15) is 0 Å². The highest BCUT2D eigenvalue weighted by atomic mass is 16.4. The molecule has 0 aliphatic carbocycles. The van der Waals surface area contributed by atoms with Crippen LogP contribution in [0.2, 0.25) is 0 Å². The first-order valence-corrected chi connectivity index (χ1v) is 4.25. The molecule has 0 saturated carbocycles. The molecule has 0 aromatic rings. The van der Waals surface area contributed by atoms with Gasteiger partial charge >= 0.3 is 5.97 Å². The Hall–Kier alpha value is -1.10. The molecular formula is C8H16N2O3. The second-order valence-corrected chi connectivity index (χ2v) is 2.85. The van der Waals surface area contributed by atoms with Crippen molar-refractivity contribution in [3.05, 3.63) is 0 Å². The Morgan fingerprint density at radius 1 is 1.54 bits per heavy atom. The minimum atomic E-state index is -0.907. The zero-order chi connectivity index (χ0) is 10.4. The summed E-state index contributed by atoms with van der Waals surface area (Å²) in [7, 11) is 0. The number of hydrogen-bond donors (Lipinski definition) is 2. The minimum Gasteiger partial charge on any atom is -0.481 e. The van der Waals surface area contributed by atoms with Crippen molar-refractivity contribution in [3.63, 3.8) is 0 Å². The Balaban J connectivity index is 4.02. The summed E-state index contributed by atoms with van der Waals surface area (Å²) < 4.78 is 0. The highest BCUT2D eigenvalue weighted by Gasteiger charge is 2.15. The van der Waals surface area contributed by atoms with Crippen molar-refractivity contribution in [2.75, 3.05) is 13.1 Å². The first kappa shape index (κ1) is 11.9. The highest BCUT2D eigenvalue weighted by molar-refractivity contribution is 5.81. The molecule has 1 atom stereocenters. The molecular weight excluding hydrogens is 172 g/mol. The predicted molar refractivity (Wildman–Crippen MR) is 48.2 cm³/mol. The maximum atomic E-state index is 11.3. The number of likely N-dealkylation sites (N-methyl/N-ethyl adjacent to an activating group) is 1. The van der Waals surface area contributed by atoms with E-state index >= 15 is 0 Å². The third-order valence-corrected chi connectivity index (χ3v) is 1.68. The molecule has 0 radical (unpaired) electrons. The van der Waals surface area contributed by atoms with E-state index in [1.807, 2.05) is 0 Å². The molecule has 3 N–H and O–H groups in total. The van der Waals surface area contributed by atoms with Crippen LogP contribution in [0.15, 0.2) is 0 Å². The average molecular weight is 188 g/mol. The van der Waals surface area contributed by atoms with Gasteiger partial charge in [0.2, 0.25) is 5.91 Å². The summed E-state index contributed by atoms with van der Waals surface area (Å²) in [5.74, 6) is -1.11. The summed E-state index contributed by atoms with van der Waals surface area (Å²) in [6.07, 6.45) is -0.0354. The summed E-state index contributed by atoms with van der Waals surface area (Å²) in [5, 5.41) is 8.41. The van der Waals surface area contributed by atoms with Gasteiger partial charge in [0.1, 0.15) is 0 Å². The fourth-order valence-electron chi connectivity index (χ4n) is 0.943. The summed E-state index contributed by atoms with van der Waals surface area (Å²) in [6, 6.07) is -0.561. The van der Waals surface area contributed by atoms with E-state index in [1.54, 1.807) is 13.8 Å². The molecule has 5 nitrogen and oxygen atoms in total. The van der Waals surface area contributed by atoms with Crippen LogP contribution in [0, 0.1) is 0 Å². The van der Waals surface area contributed by atoms with Gasteiger partial charge in [0.05, 0.1) is 12.5 Å². The van der Waals surface area contributed by atoms with Gasteiger partial charge in [-0.05, 0) is 13.8 Å². The molecule has 5 heteroatoms. The van der Waals surface area contributed by atoms with Crippen molar-refractivity contribution in [2.24, 2.45) is 5.73 Å². The maximum Gasteiger partial charge on any atom is 0.305 e. The lowest BCUT2D eigenvalue weighted by atomic mass is 10.3. The van der Waals surface area contributed by atoms with Crippen molar-refractivity contribution in [1.29, 1.82) is 0 Å². The molecule has 1 amide bonds. The second-order valence-electron chi connectivity index (χ2n) is 2.85. The molecule has 0 rings (SSSR count). The fraction of sp³-hybridized carbons (Fsp3) is 0.750. The molecule has 0 spiro atoms. The van der Waals surface area contributed by atoms with E-state index in [9.17, 15) is 9.59 Å². The molecule has 13 heavy (non-hydrogen) atoms. The number of carbonyl (C=O) groups excluding carboxylic acids is 1. The summed E-state index contributed by atoms with van der Waals surface area (Å²) in [5.41, 5.74) is 5.38. The topological polar surface area (TPSA) is 83.6 Å². The van der Waals surface area contributed by atoms with Crippen LogP contribution in [0.25, 0.3) is 0 Å². The van der Waals surface area contributed by atoms with Crippen molar-refractivity contribution >= 4 is 11.9 Å². The van der Waals surface area contributed by atoms with Gasteiger partial charge in [0.25, 0.3) is 0 Å². The summed E-state index contributed by atoms with van der Waals surface area (Å²) in [6.45, 7) is 4.10. The number of hydrogen-bond acceptors (Lipinski definition) is 3. The van der Waals surface area contributed by atoms with Crippen LogP contribution in [-0.2, 0) is 9.59 Å². The van der Waals surface area contributed by atoms with Crippen LogP contribution in [0.4, 0.5) is 0 Å². The Labute approximate surface area is 77.5 Å². The Morgan fingerprint density at radius 2 is 2.08 bits per heavy atom. The van der Waals surface area contributed by atoms with E-state index in [2.05, 4.69) is 0 Å². The van der Waals surface area contributed by atoms with Gasteiger partial charge < -0.3 is 15.7 Å². The van der Waals surface area contributed by atoms with Crippen molar-refractivity contribution in [2.45, 2.75) is 26.3 Å². The van der Waals surface area contributed by atoms with Gasteiger partial charge in [0.15, 0.2) is 0 Å². The monoisotopic (exact) mass is 188 g/mol. The lowest BCUT2D eigenvalue weighted by molar-refractivity contribution is -0.138. The largest absolute Gasteiger partial charge is 0.481 e. The maximum absolute atomic E-state index is 11.3. The molecule has 0 aliphatic rings. The lowest BCUT2D eigenvalue weighted by Crippen LogP contribution is -2.42. The number of carboxylic acids is 1. The molecule has 0 unspecified atom stereocenters. The zero-order valence-corrected chi connectivity index (χ0v) is 7.99. The zero-order valence-electron chi connectivity index (χ0n) is 7.99. The number of amides is 1. The number of nitrogens with zero attached hydrogens (tertiary/aromatic N) is 1. The molecule has 0 aliphatic heterocycles. The third-order valence-electron chi connectivity index (χ3n) is 1.68. The number of carbonyl (C=O) groups is 2. The van der Waals surface area contributed by atoms with Crippen molar-refractivity contribution in [3.8, 4) is 0 Å². The molecule has 0 fully saturated rings. The van der Waals surface area contributed by atoms with E-state index in [0.717, 1.165) is 0 Å². The summed E-state index contributed by atoms with van der Waals surface area (Å²) >= 11 is 0. The SMILES string of the molecule is CCN(CCC(=O)O)C(=O)[C@@H](C)N. The van der Waals surface area contributed by atoms with Crippen LogP contribution < -0.4 is 5.73 Å². The van der Waals surface area contributed by atoms with E-state index in [4.69, 9.17) is 10.8 Å². The van der Waals surface area contributed by atoms with E-state index < -0.39 is 12.0 Å². The van der Waals surface area contributed by atoms with Crippen LogP contribution in [0.5, 0.6) is 0 Å². The first-order valence-electron chi connectivity index (χ1n) is 4.25. The number of nitrogens with two attached hydrogens (primary N) is 1. The van der Waals surface area contributed by atoms with E-state index in [0.29, 0.717) is 6.54 Å². The molecule has 0 aromatic heterocycles. The van der Waals surface area contributed by atoms with Crippen LogP contribution in [0.3, 0.4) is 0 Å². The van der Waals surface area contributed by atoms with Crippen LogP contribution in [0.1, 0.15) is 20.3 Å². The van der Waals surface area contributed by atoms with Gasteiger partial charge in [-0.3, -0.25) is 9.59 Å². The fourth-order valence-corrected chi connectivity index (χ4v) is 0.943. The summed E-state index contributed by atoms with van der Waals surface area (Å²) in [4.78, 5) is 23.0. The molecule has 0 aromatic carbocycles. The predicted octanol–water partition coefficient (Wildman–Crippen LogP) is -0.343. The first-order chi connectivity index (χ1) is 5.99. The molecule has 76 valence electrons. The van der Waals surface area contributed by atoms with Crippen LogP contribution >= 0.6 is 0 Å². The smallest absolute Gasteiger partial charge is 0.305 e. The normalized spacial score (nSPS) is 12.2. The standard InChI is InChI=1S/C8H16N2O3/c1-3-10(5-4-7(11)12)8(13)6(2)9/h6H,3-5,9H2,1-2H3,(H,11,12)/t6-/m1/s1. The van der Waals surface area contributed by atoms with Crippen LogP contribution in [-0.4, -0.2) is 41.0 Å². The van der Waals surface area contributed by atoms with Gasteiger partial charge in [-0.15, -0.1) is 0 Å². The Bertz CT molecular complexity index is 192. The quantitative estimate of drug-likeness (QED) is 0.618. The minimum absolute atomic E-state index is 0.0354. The van der Waals surface area contributed by atoms with Crippen molar-refractivity contribution in [1.82, 2.24) is 4.90 Å². The lowest BCUT2D eigenvalue weighted by Gasteiger charge is -2.21. The molecule has 0 saturated heterocycles. The average Bonchev–Trinajstić information content (AvgIpc) is 2.04. The van der Waals surface area contributed by atoms with Gasteiger partial charge in [-0.1, -0.05) is 0 Å². The number of aliphatic carboxylic acids is 1. The second kappa shape index (κ2) is 5.53. The number of rotatable bonds is 5. The molecule has 0 heterocycles. The Morgan fingerprint density at radius 3 is 2.38 bits per heavy atom. The van der Waals surface area contributed by atoms with Crippen molar-refractivity contribution < 1.29 is 14.7 Å². The van der Waals surface area contributed by atoms with Gasteiger partial charge in [0, 0.05) is 13.1 Å². The Kier molecular flexibility index (Phi) is 5.06.